The highest BCUT2D eigenvalue weighted by molar-refractivity contribution is 7.21. The van der Waals surface area contributed by atoms with E-state index < -0.39 is 0 Å². The Morgan fingerprint density at radius 3 is 2.94 bits per heavy atom. The van der Waals surface area contributed by atoms with Crippen LogP contribution >= 0.6 is 22.9 Å². The van der Waals surface area contributed by atoms with E-state index >= 15 is 0 Å². The Morgan fingerprint density at radius 2 is 2.09 bits per heavy atom. The minimum absolute atomic E-state index is 0.00102. The summed E-state index contributed by atoms with van der Waals surface area (Å²) < 4.78 is 6.84. The second kappa shape index (κ2) is 7.74. The lowest BCUT2D eigenvalue weighted by atomic mass is 10.1. The van der Waals surface area contributed by atoms with Crippen molar-refractivity contribution in [1.29, 1.82) is 0 Å². The molecule has 6 rings (SSSR count). The van der Waals surface area contributed by atoms with E-state index in [-0.39, 0.29) is 40.5 Å². The summed E-state index contributed by atoms with van der Waals surface area (Å²) >= 11 is 7.50. The molecule has 2 N–H and O–H groups in total. The van der Waals surface area contributed by atoms with Crippen LogP contribution in [0.5, 0.6) is 11.8 Å². The van der Waals surface area contributed by atoms with Crippen LogP contribution < -0.4 is 15.4 Å². The van der Waals surface area contributed by atoms with Crippen LogP contribution in [0.25, 0.3) is 21.1 Å². The number of likely N-dealkylation sites (N-methyl/N-ethyl adjacent to an activating group) is 1. The quantitative estimate of drug-likeness (QED) is 0.406. The number of ether oxygens (including phenoxy) is 1. The number of carbonyl (C=O) groups excluding carboxylic acids is 2. The van der Waals surface area contributed by atoms with Crippen molar-refractivity contribution in [3.05, 3.63) is 39.7 Å². The van der Waals surface area contributed by atoms with Crippen molar-refractivity contribution in [2.45, 2.75) is 19.4 Å². The van der Waals surface area contributed by atoms with Gasteiger partial charge in [-0.1, -0.05) is 0 Å². The summed E-state index contributed by atoms with van der Waals surface area (Å²) in [6, 6.07) is 3.75. The van der Waals surface area contributed by atoms with E-state index in [0.29, 0.717) is 41.1 Å². The standard InChI is InChI=1S/C22H18ClN7O3S/c1-9-7-24-17-15-12(34-18(17)19(31)26-9)4-3-11-16(15)25-8-13(27-11)33-20-14-10(28-22(23)29-20)5-6-30(2)21(14)32/h3-4,8-9,24H,5-7H2,1-2H3,(H,26,31). The number of halogens is 1. The van der Waals surface area contributed by atoms with Crippen LogP contribution in [-0.4, -0.2) is 62.8 Å². The highest BCUT2D eigenvalue weighted by Crippen LogP contribution is 2.40. The third-order valence-corrected chi connectivity index (χ3v) is 7.20. The number of fused-ring (bicyclic) bond motifs is 6. The normalized spacial score (nSPS) is 17.7. The molecule has 12 heteroatoms. The first-order valence-electron chi connectivity index (χ1n) is 10.7. The second-order valence-corrected chi connectivity index (χ2v) is 9.66. The maximum absolute atomic E-state index is 12.7. The number of thiophene rings is 1. The molecule has 0 radical (unpaired) electrons. The van der Waals surface area contributed by atoms with Gasteiger partial charge < -0.3 is 20.3 Å². The summed E-state index contributed by atoms with van der Waals surface area (Å²) in [5.74, 6) is -0.110. The summed E-state index contributed by atoms with van der Waals surface area (Å²) in [4.78, 5) is 45.1. The number of amides is 2. The minimum atomic E-state index is -0.233. The molecule has 1 aromatic carbocycles. The predicted octanol–water partition coefficient (Wildman–Crippen LogP) is 3.25. The van der Waals surface area contributed by atoms with Gasteiger partial charge in [0.1, 0.15) is 10.4 Å². The van der Waals surface area contributed by atoms with Gasteiger partial charge in [0.05, 0.1) is 28.6 Å². The molecule has 0 aliphatic carbocycles. The zero-order valence-electron chi connectivity index (χ0n) is 18.2. The molecule has 34 heavy (non-hydrogen) atoms. The van der Waals surface area contributed by atoms with Gasteiger partial charge in [0.15, 0.2) is 0 Å². The molecule has 0 fully saturated rings. The lowest BCUT2D eigenvalue weighted by molar-refractivity contribution is 0.0774. The molecule has 172 valence electrons. The van der Waals surface area contributed by atoms with Gasteiger partial charge in [-0.3, -0.25) is 9.59 Å². The summed E-state index contributed by atoms with van der Waals surface area (Å²) in [6.07, 6.45) is 2.03. The Labute approximate surface area is 202 Å². The van der Waals surface area contributed by atoms with Crippen LogP contribution in [0.1, 0.15) is 32.6 Å². The Morgan fingerprint density at radius 1 is 1.24 bits per heavy atom. The topological polar surface area (TPSA) is 122 Å². The molecule has 1 atom stereocenters. The molecule has 4 aromatic rings. The molecule has 10 nitrogen and oxygen atoms in total. The first-order valence-corrected chi connectivity index (χ1v) is 11.8. The highest BCUT2D eigenvalue weighted by atomic mass is 35.5. The average Bonchev–Trinajstić information content (AvgIpc) is 3.12. The van der Waals surface area contributed by atoms with Gasteiger partial charge in [-0.15, -0.1) is 11.3 Å². The minimum Gasteiger partial charge on any atom is -0.418 e. The number of carbonyl (C=O) groups is 2. The number of nitrogens with one attached hydrogen (secondary N) is 2. The maximum atomic E-state index is 12.7. The van der Waals surface area contributed by atoms with E-state index in [1.54, 1.807) is 11.9 Å². The smallest absolute Gasteiger partial charge is 0.263 e. The molecule has 5 heterocycles. The van der Waals surface area contributed by atoms with Gasteiger partial charge in [-0.05, 0) is 30.7 Å². The van der Waals surface area contributed by atoms with Crippen molar-refractivity contribution in [3.63, 3.8) is 0 Å². The van der Waals surface area contributed by atoms with E-state index in [1.807, 2.05) is 19.1 Å². The van der Waals surface area contributed by atoms with E-state index in [4.69, 9.17) is 16.3 Å². The van der Waals surface area contributed by atoms with Gasteiger partial charge in [0.25, 0.3) is 11.8 Å². The van der Waals surface area contributed by atoms with Crippen LogP contribution in [0.15, 0.2) is 18.3 Å². The number of aromatic nitrogens is 4. The first kappa shape index (κ1) is 21.0. The van der Waals surface area contributed by atoms with Gasteiger partial charge in [-0.2, -0.15) is 4.98 Å². The summed E-state index contributed by atoms with van der Waals surface area (Å²) in [6.45, 7) is 3.10. The molecule has 0 bridgehead atoms. The fourth-order valence-corrected chi connectivity index (χ4v) is 5.48. The van der Waals surface area contributed by atoms with Crippen molar-refractivity contribution >= 4 is 61.6 Å². The average molecular weight is 496 g/mol. The van der Waals surface area contributed by atoms with Gasteiger partial charge in [-0.25, -0.2) is 15.0 Å². The number of anilines is 1. The largest absolute Gasteiger partial charge is 0.418 e. The number of benzene rings is 1. The number of hydrogen-bond acceptors (Lipinski definition) is 9. The van der Waals surface area contributed by atoms with Crippen LogP contribution in [-0.2, 0) is 6.42 Å². The lowest BCUT2D eigenvalue weighted by Gasteiger charge is -2.24. The van der Waals surface area contributed by atoms with Crippen LogP contribution in [0.3, 0.4) is 0 Å². The number of rotatable bonds is 2. The second-order valence-electron chi connectivity index (χ2n) is 8.27. The van der Waals surface area contributed by atoms with Crippen molar-refractivity contribution in [3.8, 4) is 11.8 Å². The number of nitrogens with zero attached hydrogens (tertiary/aromatic N) is 5. The van der Waals surface area contributed by atoms with E-state index in [0.717, 1.165) is 15.8 Å². The lowest BCUT2D eigenvalue weighted by Crippen LogP contribution is -2.35. The fraction of sp³-hybridized carbons (Fsp3) is 0.273. The molecule has 2 aliphatic rings. The third kappa shape index (κ3) is 3.31. The highest BCUT2D eigenvalue weighted by Gasteiger charge is 2.30. The van der Waals surface area contributed by atoms with Gasteiger partial charge >= 0.3 is 0 Å². The van der Waals surface area contributed by atoms with Crippen LogP contribution in [0, 0.1) is 0 Å². The number of hydrogen-bond donors (Lipinski definition) is 2. The van der Waals surface area contributed by atoms with Gasteiger partial charge in [0, 0.05) is 42.7 Å². The molecule has 2 aliphatic heterocycles. The SMILES string of the molecule is CC1CNc2c(sc3ccc4nc(Oc5nc(Cl)nc6c5C(=O)N(C)CC6)cnc4c23)C(=O)N1. The molecule has 3 aromatic heterocycles. The van der Waals surface area contributed by atoms with Crippen molar-refractivity contribution < 1.29 is 14.3 Å². The summed E-state index contributed by atoms with van der Waals surface area (Å²) in [7, 11) is 1.71. The molecule has 0 saturated carbocycles. The molecular formula is C22H18ClN7O3S. The Kier molecular flexibility index (Phi) is 4.78. The fourth-order valence-electron chi connectivity index (χ4n) is 4.21. The van der Waals surface area contributed by atoms with Crippen molar-refractivity contribution in [1.82, 2.24) is 30.2 Å². The molecule has 0 saturated heterocycles. The summed E-state index contributed by atoms with van der Waals surface area (Å²) in [5, 5.41) is 7.21. The molecular weight excluding hydrogens is 478 g/mol. The van der Waals surface area contributed by atoms with Crippen LogP contribution in [0.4, 0.5) is 5.69 Å². The summed E-state index contributed by atoms with van der Waals surface area (Å²) in [5.41, 5.74) is 2.83. The van der Waals surface area contributed by atoms with Gasteiger partial charge in [0.2, 0.25) is 17.0 Å². The first-order chi connectivity index (χ1) is 16.4. The predicted molar refractivity (Wildman–Crippen MR) is 128 cm³/mol. The Hall–Kier alpha value is -3.57. The van der Waals surface area contributed by atoms with E-state index in [2.05, 4.69) is 30.6 Å². The Bertz CT molecular complexity index is 1520. The van der Waals surface area contributed by atoms with E-state index in [1.165, 1.54) is 17.5 Å². The van der Waals surface area contributed by atoms with Crippen molar-refractivity contribution in [2.75, 3.05) is 25.5 Å². The zero-order valence-corrected chi connectivity index (χ0v) is 19.8. The molecule has 0 spiro atoms. The maximum Gasteiger partial charge on any atom is 0.263 e. The zero-order chi connectivity index (χ0) is 23.6. The van der Waals surface area contributed by atoms with E-state index in [9.17, 15) is 9.59 Å². The molecule has 2 amide bonds. The van der Waals surface area contributed by atoms with Crippen LogP contribution in [0.2, 0.25) is 5.28 Å². The van der Waals surface area contributed by atoms with Crippen molar-refractivity contribution in [2.24, 2.45) is 0 Å². The molecule has 1 unspecified atom stereocenters. The Balaban J connectivity index is 1.44. The third-order valence-electron chi connectivity index (χ3n) is 5.88. The monoisotopic (exact) mass is 495 g/mol.